The first kappa shape index (κ1) is 7.75. The molecule has 1 heterocycles. The van der Waals surface area contributed by atoms with E-state index in [0.717, 1.165) is 5.69 Å². The van der Waals surface area contributed by atoms with Crippen LogP contribution in [0.4, 0.5) is 5.82 Å². The number of rotatable bonds is 2. The normalized spacial score (nSPS) is 9.92. The molecule has 13 heavy (non-hydrogen) atoms. The summed E-state index contributed by atoms with van der Waals surface area (Å²) in [5.41, 5.74) is 3.38. The standard InChI is InChI=1S/C8H9N5/c9-10-8-6-13(12-11-8)7-4-2-1-3-5-7/h1-6,10H,9H2. The minimum atomic E-state index is 0.545. The van der Waals surface area contributed by atoms with Gasteiger partial charge in [-0.05, 0) is 12.1 Å². The fourth-order valence-corrected chi connectivity index (χ4v) is 1.04. The summed E-state index contributed by atoms with van der Waals surface area (Å²) < 4.78 is 1.65. The molecule has 0 aliphatic heterocycles. The van der Waals surface area contributed by atoms with Gasteiger partial charge in [-0.2, -0.15) is 0 Å². The van der Waals surface area contributed by atoms with Crippen molar-refractivity contribution in [1.29, 1.82) is 0 Å². The maximum Gasteiger partial charge on any atom is 0.182 e. The number of benzene rings is 1. The number of para-hydroxylation sites is 1. The highest BCUT2D eigenvalue weighted by Gasteiger charge is 1.98. The Bertz CT molecular complexity index is 380. The van der Waals surface area contributed by atoms with Crippen molar-refractivity contribution in [3.63, 3.8) is 0 Å². The van der Waals surface area contributed by atoms with Crippen molar-refractivity contribution < 1.29 is 0 Å². The van der Waals surface area contributed by atoms with E-state index >= 15 is 0 Å². The van der Waals surface area contributed by atoms with Crippen molar-refractivity contribution in [3.8, 4) is 5.69 Å². The van der Waals surface area contributed by atoms with Crippen LogP contribution in [-0.2, 0) is 0 Å². The second-order valence-corrected chi connectivity index (χ2v) is 2.53. The summed E-state index contributed by atoms with van der Waals surface area (Å²) in [5.74, 6) is 5.72. The number of hydrogen-bond acceptors (Lipinski definition) is 4. The Hall–Kier alpha value is -1.88. The van der Waals surface area contributed by atoms with Gasteiger partial charge in [0, 0.05) is 0 Å². The number of nitrogens with two attached hydrogens (primary N) is 1. The van der Waals surface area contributed by atoms with Gasteiger partial charge in [-0.1, -0.05) is 23.4 Å². The molecule has 0 amide bonds. The Labute approximate surface area is 75.1 Å². The zero-order chi connectivity index (χ0) is 9.10. The predicted molar refractivity (Wildman–Crippen MR) is 49.2 cm³/mol. The van der Waals surface area contributed by atoms with Gasteiger partial charge in [-0.3, -0.25) is 0 Å². The number of hydrazine groups is 1. The summed E-state index contributed by atoms with van der Waals surface area (Å²) in [6.45, 7) is 0. The van der Waals surface area contributed by atoms with Gasteiger partial charge in [0.05, 0.1) is 11.9 Å². The molecule has 0 spiro atoms. The molecule has 0 aliphatic rings. The molecule has 5 nitrogen and oxygen atoms in total. The molecular formula is C8H9N5. The van der Waals surface area contributed by atoms with E-state index in [9.17, 15) is 0 Å². The first-order valence-corrected chi connectivity index (χ1v) is 3.84. The molecule has 0 atom stereocenters. The van der Waals surface area contributed by atoms with Gasteiger partial charge in [-0.25, -0.2) is 10.5 Å². The number of hydrogen-bond donors (Lipinski definition) is 2. The summed E-state index contributed by atoms with van der Waals surface area (Å²) in [6, 6.07) is 9.70. The average Bonchev–Trinajstić information content (AvgIpc) is 2.67. The van der Waals surface area contributed by atoms with Gasteiger partial charge in [0.15, 0.2) is 5.82 Å². The third-order valence-corrected chi connectivity index (χ3v) is 1.66. The third-order valence-electron chi connectivity index (χ3n) is 1.66. The molecule has 2 rings (SSSR count). The zero-order valence-corrected chi connectivity index (χ0v) is 6.88. The van der Waals surface area contributed by atoms with Crippen LogP contribution in [0.2, 0.25) is 0 Å². The largest absolute Gasteiger partial charge is 0.306 e. The van der Waals surface area contributed by atoms with Gasteiger partial charge in [0.1, 0.15) is 0 Å². The van der Waals surface area contributed by atoms with E-state index in [1.807, 2.05) is 30.3 Å². The fourth-order valence-electron chi connectivity index (χ4n) is 1.04. The summed E-state index contributed by atoms with van der Waals surface area (Å²) in [7, 11) is 0. The second-order valence-electron chi connectivity index (χ2n) is 2.53. The Kier molecular flexibility index (Phi) is 1.93. The number of nitrogens with zero attached hydrogens (tertiary/aromatic N) is 3. The van der Waals surface area contributed by atoms with Crippen molar-refractivity contribution in [3.05, 3.63) is 36.5 Å². The zero-order valence-electron chi connectivity index (χ0n) is 6.88. The van der Waals surface area contributed by atoms with Gasteiger partial charge < -0.3 is 5.43 Å². The number of aromatic nitrogens is 3. The Morgan fingerprint density at radius 3 is 2.62 bits per heavy atom. The van der Waals surface area contributed by atoms with Gasteiger partial charge in [0.25, 0.3) is 0 Å². The summed E-state index contributed by atoms with van der Waals surface area (Å²) >= 11 is 0. The van der Waals surface area contributed by atoms with E-state index in [1.165, 1.54) is 0 Å². The van der Waals surface area contributed by atoms with Crippen molar-refractivity contribution in [2.24, 2.45) is 5.84 Å². The molecule has 0 radical (unpaired) electrons. The molecular weight excluding hydrogens is 166 g/mol. The number of nitrogen functional groups attached to an aromatic ring is 1. The van der Waals surface area contributed by atoms with Gasteiger partial charge in [0.2, 0.25) is 0 Å². The first-order chi connectivity index (χ1) is 6.40. The Morgan fingerprint density at radius 1 is 1.23 bits per heavy atom. The summed E-state index contributed by atoms with van der Waals surface area (Å²) in [4.78, 5) is 0. The van der Waals surface area contributed by atoms with E-state index in [0.29, 0.717) is 5.82 Å². The molecule has 5 heteroatoms. The smallest absolute Gasteiger partial charge is 0.182 e. The topological polar surface area (TPSA) is 68.8 Å². The van der Waals surface area contributed by atoms with Gasteiger partial charge in [-0.15, -0.1) is 5.10 Å². The lowest BCUT2D eigenvalue weighted by Crippen LogP contribution is -2.06. The number of anilines is 1. The highest BCUT2D eigenvalue weighted by Crippen LogP contribution is 2.06. The Morgan fingerprint density at radius 2 is 2.00 bits per heavy atom. The van der Waals surface area contributed by atoms with E-state index in [-0.39, 0.29) is 0 Å². The molecule has 0 fully saturated rings. The van der Waals surface area contributed by atoms with E-state index in [2.05, 4.69) is 15.7 Å². The van der Waals surface area contributed by atoms with Crippen molar-refractivity contribution in [1.82, 2.24) is 15.0 Å². The van der Waals surface area contributed by atoms with Crippen LogP contribution in [0.5, 0.6) is 0 Å². The molecule has 0 bridgehead atoms. The molecule has 0 aliphatic carbocycles. The van der Waals surface area contributed by atoms with E-state index in [1.54, 1.807) is 10.9 Å². The van der Waals surface area contributed by atoms with Crippen LogP contribution in [-0.4, -0.2) is 15.0 Å². The lowest BCUT2D eigenvalue weighted by molar-refractivity contribution is 0.803. The van der Waals surface area contributed by atoms with Crippen LogP contribution < -0.4 is 11.3 Å². The van der Waals surface area contributed by atoms with Crippen LogP contribution in [0, 0.1) is 0 Å². The molecule has 1 aromatic heterocycles. The minimum Gasteiger partial charge on any atom is -0.306 e. The monoisotopic (exact) mass is 175 g/mol. The van der Waals surface area contributed by atoms with Crippen LogP contribution in [0.3, 0.4) is 0 Å². The van der Waals surface area contributed by atoms with Gasteiger partial charge >= 0.3 is 0 Å². The number of nitrogens with one attached hydrogen (secondary N) is 1. The first-order valence-electron chi connectivity index (χ1n) is 3.84. The quantitative estimate of drug-likeness (QED) is 0.516. The van der Waals surface area contributed by atoms with Crippen LogP contribution in [0.25, 0.3) is 5.69 Å². The van der Waals surface area contributed by atoms with Crippen molar-refractivity contribution in [2.75, 3.05) is 5.43 Å². The highest BCUT2D eigenvalue weighted by atomic mass is 15.5. The SMILES string of the molecule is NNc1cn(-c2ccccc2)nn1. The fraction of sp³-hybridized carbons (Fsp3) is 0. The van der Waals surface area contributed by atoms with Crippen LogP contribution in [0.1, 0.15) is 0 Å². The van der Waals surface area contributed by atoms with Crippen molar-refractivity contribution in [2.45, 2.75) is 0 Å². The second kappa shape index (κ2) is 3.24. The van der Waals surface area contributed by atoms with E-state index in [4.69, 9.17) is 5.84 Å². The van der Waals surface area contributed by atoms with E-state index < -0.39 is 0 Å². The molecule has 3 N–H and O–H groups in total. The molecule has 0 saturated heterocycles. The maximum absolute atomic E-state index is 5.18. The molecule has 0 saturated carbocycles. The van der Waals surface area contributed by atoms with Crippen LogP contribution in [0.15, 0.2) is 36.5 Å². The Balaban J connectivity index is 2.36. The summed E-state index contributed by atoms with van der Waals surface area (Å²) in [6.07, 6.45) is 1.72. The predicted octanol–water partition coefficient (Wildman–Crippen LogP) is 0.553. The lowest BCUT2D eigenvalue weighted by atomic mass is 10.3. The summed E-state index contributed by atoms with van der Waals surface area (Å²) in [5, 5.41) is 7.67. The third kappa shape index (κ3) is 1.50. The molecule has 2 aromatic rings. The average molecular weight is 175 g/mol. The van der Waals surface area contributed by atoms with Crippen molar-refractivity contribution >= 4 is 5.82 Å². The lowest BCUT2D eigenvalue weighted by Gasteiger charge is -1.96. The highest BCUT2D eigenvalue weighted by molar-refractivity contribution is 5.35. The molecule has 0 unspecified atom stereocenters. The molecule has 66 valence electrons. The minimum absolute atomic E-state index is 0.545. The maximum atomic E-state index is 5.18. The van der Waals surface area contributed by atoms with Crippen LogP contribution >= 0.6 is 0 Å². The molecule has 1 aromatic carbocycles.